The minimum atomic E-state index is 0.485. The van der Waals surface area contributed by atoms with E-state index in [0.29, 0.717) is 11.0 Å². The van der Waals surface area contributed by atoms with Crippen LogP contribution in [0.3, 0.4) is 0 Å². The Bertz CT molecular complexity index is 905. The van der Waals surface area contributed by atoms with Crippen LogP contribution in [0.4, 0.5) is 17.5 Å². The number of benzene rings is 2. The average Bonchev–Trinajstić information content (AvgIpc) is 2.70. The number of rotatable bonds is 8. The Hall–Kier alpha value is -2.99. The normalized spacial score (nSPS) is 10.3. The van der Waals surface area contributed by atoms with Gasteiger partial charge in [-0.05, 0) is 42.3 Å². The van der Waals surface area contributed by atoms with Gasteiger partial charge in [-0.3, -0.25) is 0 Å². The van der Waals surface area contributed by atoms with Gasteiger partial charge in [-0.15, -0.1) is 0 Å². The Labute approximate surface area is 163 Å². The molecule has 1 heterocycles. The van der Waals surface area contributed by atoms with Crippen molar-refractivity contribution in [3.05, 3.63) is 65.3 Å². The number of nitrogens with zero attached hydrogens (tertiary/aromatic N) is 2. The van der Waals surface area contributed by atoms with Crippen molar-refractivity contribution >= 4 is 29.1 Å². The Morgan fingerprint density at radius 3 is 2.59 bits per heavy atom. The maximum atomic E-state index is 6.16. The number of halogens is 1. The van der Waals surface area contributed by atoms with Gasteiger partial charge in [0.1, 0.15) is 5.82 Å². The van der Waals surface area contributed by atoms with E-state index in [1.54, 1.807) is 20.4 Å². The van der Waals surface area contributed by atoms with Crippen molar-refractivity contribution in [2.45, 2.75) is 6.42 Å². The predicted molar refractivity (Wildman–Crippen MR) is 109 cm³/mol. The summed E-state index contributed by atoms with van der Waals surface area (Å²) in [7, 11) is 3.26. The zero-order valence-corrected chi connectivity index (χ0v) is 16.0. The van der Waals surface area contributed by atoms with Crippen LogP contribution in [0.25, 0.3) is 0 Å². The number of nitrogens with one attached hydrogen (secondary N) is 2. The summed E-state index contributed by atoms with van der Waals surface area (Å²) in [5.41, 5.74) is 1.91. The van der Waals surface area contributed by atoms with E-state index >= 15 is 0 Å². The molecule has 3 aromatic rings. The number of anilines is 3. The Balaban J connectivity index is 1.60. The molecule has 7 heteroatoms. The second kappa shape index (κ2) is 9.09. The Kier molecular flexibility index (Phi) is 6.33. The van der Waals surface area contributed by atoms with Gasteiger partial charge in [0.25, 0.3) is 0 Å². The third kappa shape index (κ3) is 5.01. The second-order valence-corrected chi connectivity index (χ2v) is 6.14. The summed E-state index contributed by atoms with van der Waals surface area (Å²) in [5.74, 6) is 2.67. The standard InChI is InChI=1S/C20H21ClN4O2/c1-26-17-8-7-14(13-18(17)27-2)9-11-22-19-10-12-23-20(25-19)24-16-6-4-3-5-15(16)21/h3-8,10,12-13H,9,11H2,1-2H3,(H2,22,23,24,25). The fourth-order valence-electron chi connectivity index (χ4n) is 2.57. The third-order valence-electron chi connectivity index (χ3n) is 3.94. The highest BCUT2D eigenvalue weighted by molar-refractivity contribution is 6.33. The molecular weight excluding hydrogens is 364 g/mol. The molecule has 0 aliphatic rings. The lowest BCUT2D eigenvalue weighted by molar-refractivity contribution is 0.354. The van der Waals surface area contributed by atoms with Gasteiger partial charge in [0.2, 0.25) is 5.95 Å². The zero-order chi connectivity index (χ0) is 19.1. The summed E-state index contributed by atoms with van der Waals surface area (Å²) in [6.45, 7) is 0.720. The largest absolute Gasteiger partial charge is 0.493 e. The second-order valence-electron chi connectivity index (χ2n) is 5.74. The Morgan fingerprint density at radius 2 is 1.81 bits per heavy atom. The van der Waals surface area contributed by atoms with Crippen LogP contribution in [-0.2, 0) is 6.42 Å². The van der Waals surface area contributed by atoms with E-state index in [4.69, 9.17) is 21.1 Å². The lowest BCUT2D eigenvalue weighted by Gasteiger charge is -2.11. The lowest BCUT2D eigenvalue weighted by atomic mass is 10.1. The molecule has 2 N–H and O–H groups in total. The van der Waals surface area contributed by atoms with E-state index in [0.717, 1.165) is 41.5 Å². The van der Waals surface area contributed by atoms with Gasteiger partial charge in [0.15, 0.2) is 11.5 Å². The molecule has 0 amide bonds. The minimum absolute atomic E-state index is 0.485. The molecule has 0 unspecified atom stereocenters. The van der Waals surface area contributed by atoms with Gasteiger partial charge >= 0.3 is 0 Å². The highest BCUT2D eigenvalue weighted by Gasteiger charge is 2.06. The molecule has 0 aliphatic carbocycles. The van der Waals surface area contributed by atoms with Gasteiger partial charge in [-0.1, -0.05) is 29.8 Å². The molecule has 1 aromatic heterocycles. The minimum Gasteiger partial charge on any atom is -0.493 e. The number of para-hydroxylation sites is 1. The number of hydrogen-bond donors (Lipinski definition) is 2. The first kappa shape index (κ1) is 18.8. The fraction of sp³-hybridized carbons (Fsp3) is 0.200. The highest BCUT2D eigenvalue weighted by Crippen LogP contribution is 2.27. The van der Waals surface area contributed by atoms with E-state index < -0.39 is 0 Å². The Morgan fingerprint density at radius 1 is 1.00 bits per heavy atom. The monoisotopic (exact) mass is 384 g/mol. The third-order valence-corrected chi connectivity index (χ3v) is 4.27. The van der Waals surface area contributed by atoms with Gasteiger partial charge in [0, 0.05) is 12.7 Å². The topological polar surface area (TPSA) is 68.3 Å². The molecule has 0 aliphatic heterocycles. The summed E-state index contributed by atoms with van der Waals surface area (Å²) >= 11 is 6.16. The molecule has 6 nitrogen and oxygen atoms in total. The van der Waals surface area contributed by atoms with E-state index in [1.807, 2.05) is 48.5 Å². The SMILES string of the molecule is COc1ccc(CCNc2ccnc(Nc3ccccc3Cl)n2)cc1OC. The molecule has 0 saturated heterocycles. The summed E-state index contributed by atoms with van der Waals surface area (Å²) in [5, 5.41) is 7.05. The first-order valence-corrected chi connectivity index (χ1v) is 8.87. The molecular formula is C20H21ClN4O2. The van der Waals surface area contributed by atoms with Crippen LogP contribution in [0.1, 0.15) is 5.56 Å². The first-order chi connectivity index (χ1) is 13.2. The molecule has 3 rings (SSSR count). The molecule has 0 radical (unpaired) electrons. The van der Waals surface area contributed by atoms with Crippen molar-refractivity contribution in [1.29, 1.82) is 0 Å². The lowest BCUT2D eigenvalue weighted by Crippen LogP contribution is -2.08. The van der Waals surface area contributed by atoms with E-state index in [1.165, 1.54) is 0 Å². The van der Waals surface area contributed by atoms with E-state index in [9.17, 15) is 0 Å². The summed E-state index contributed by atoms with van der Waals surface area (Å²) in [4.78, 5) is 8.70. The molecule has 27 heavy (non-hydrogen) atoms. The van der Waals surface area contributed by atoms with Crippen LogP contribution in [0.5, 0.6) is 11.5 Å². The number of methoxy groups -OCH3 is 2. The maximum Gasteiger partial charge on any atom is 0.229 e. The van der Waals surface area contributed by atoms with Gasteiger partial charge in [-0.25, -0.2) is 4.98 Å². The van der Waals surface area contributed by atoms with Crippen molar-refractivity contribution in [3.8, 4) is 11.5 Å². The molecule has 0 saturated carbocycles. The van der Waals surface area contributed by atoms with E-state index in [-0.39, 0.29) is 0 Å². The van der Waals surface area contributed by atoms with Crippen molar-refractivity contribution in [2.75, 3.05) is 31.4 Å². The summed E-state index contributed by atoms with van der Waals surface area (Å²) in [6, 6.07) is 15.2. The molecule has 0 bridgehead atoms. The summed E-state index contributed by atoms with van der Waals surface area (Å²) < 4.78 is 10.6. The maximum absolute atomic E-state index is 6.16. The number of hydrogen-bond acceptors (Lipinski definition) is 6. The fourth-order valence-corrected chi connectivity index (χ4v) is 2.75. The van der Waals surface area contributed by atoms with E-state index in [2.05, 4.69) is 20.6 Å². The van der Waals surface area contributed by atoms with Crippen LogP contribution in [0, 0.1) is 0 Å². The zero-order valence-electron chi connectivity index (χ0n) is 15.2. The van der Waals surface area contributed by atoms with Crippen molar-refractivity contribution in [1.82, 2.24) is 9.97 Å². The highest BCUT2D eigenvalue weighted by atomic mass is 35.5. The van der Waals surface area contributed by atoms with Gasteiger partial charge < -0.3 is 20.1 Å². The molecule has 0 fully saturated rings. The quantitative estimate of drug-likeness (QED) is 0.594. The van der Waals surface area contributed by atoms with Gasteiger partial charge in [-0.2, -0.15) is 4.98 Å². The van der Waals surface area contributed by atoms with Gasteiger partial charge in [0.05, 0.1) is 24.9 Å². The first-order valence-electron chi connectivity index (χ1n) is 8.49. The average molecular weight is 385 g/mol. The van der Waals surface area contributed by atoms with Crippen LogP contribution in [-0.4, -0.2) is 30.7 Å². The molecule has 0 atom stereocenters. The summed E-state index contributed by atoms with van der Waals surface area (Å²) in [6.07, 6.45) is 2.52. The predicted octanol–water partition coefficient (Wildman–Crippen LogP) is 4.55. The van der Waals surface area contributed by atoms with Crippen molar-refractivity contribution in [2.24, 2.45) is 0 Å². The van der Waals surface area contributed by atoms with Crippen LogP contribution in [0.2, 0.25) is 5.02 Å². The molecule has 140 valence electrons. The van der Waals surface area contributed by atoms with Crippen LogP contribution >= 0.6 is 11.6 Å². The number of aromatic nitrogens is 2. The van der Waals surface area contributed by atoms with Crippen LogP contribution in [0.15, 0.2) is 54.7 Å². The van der Waals surface area contributed by atoms with Crippen molar-refractivity contribution < 1.29 is 9.47 Å². The van der Waals surface area contributed by atoms with Crippen molar-refractivity contribution in [3.63, 3.8) is 0 Å². The number of ether oxygens (including phenoxy) is 2. The van der Waals surface area contributed by atoms with Crippen LogP contribution < -0.4 is 20.1 Å². The smallest absolute Gasteiger partial charge is 0.229 e. The molecule has 2 aromatic carbocycles. The molecule has 0 spiro atoms.